The third kappa shape index (κ3) is 1.75. The van der Waals surface area contributed by atoms with E-state index in [2.05, 4.69) is 10.3 Å². The average Bonchev–Trinajstić information content (AvgIpc) is 3.11. The first-order chi connectivity index (χ1) is 9.31. The largest absolute Gasteiger partial charge is 0.361 e. The van der Waals surface area contributed by atoms with Gasteiger partial charge in [-0.1, -0.05) is 6.07 Å². The zero-order valence-corrected chi connectivity index (χ0v) is 10.7. The van der Waals surface area contributed by atoms with Crippen molar-refractivity contribution in [1.29, 1.82) is 0 Å². The summed E-state index contributed by atoms with van der Waals surface area (Å²) in [5, 5.41) is 4.55. The van der Waals surface area contributed by atoms with Crippen molar-refractivity contribution in [2.45, 2.75) is 0 Å². The first-order valence-corrected chi connectivity index (χ1v) is 6.88. The molecule has 0 aliphatic carbocycles. The van der Waals surface area contributed by atoms with Gasteiger partial charge in [-0.25, -0.2) is 0 Å². The molecule has 3 heterocycles. The standard InChI is InChI=1S/C15H17N3O/c19-15(18-8-12-6-16-7-13(12)9-18)11-2-1-10-3-4-17-14(10)5-11/h1-5,12-13,16-17H,6-9H2. The Morgan fingerprint density at radius 1 is 1.16 bits per heavy atom. The van der Waals surface area contributed by atoms with Crippen molar-refractivity contribution in [1.82, 2.24) is 15.2 Å². The molecule has 2 fully saturated rings. The number of amides is 1. The van der Waals surface area contributed by atoms with E-state index in [-0.39, 0.29) is 5.91 Å². The number of carbonyl (C=O) groups is 1. The number of rotatable bonds is 1. The van der Waals surface area contributed by atoms with Crippen molar-refractivity contribution < 1.29 is 4.79 Å². The second-order valence-corrected chi connectivity index (χ2v) is 5.67. The van der Waals surface area contributed by atoms with Gasteiger partial charge in [-0.3, -0.25) is 4.79 Å². The van der Waals surface area contributed by atoms with Crippen LogP contribution in [-0.4, -0.2) is 42.0 Å². The van der Waals surface area contributed by atoms with E-state index in [4.69, 9.17) is 0 Å². The minimum Gasteiger partial charge on any atom is -0.361 e. The lowest BCUT2D eigenvalue weighted by atomic mass is 10.0. The highest BCUT2D eigenvalue weighted by atomic mass is 16.2. The van der Waals surface area contributed by atoms with Crippen LogP contribution in [0.4, 0.5) is 0 Å². The molecule has 0 saturated carbocycles. The molecule has 2 aliphatic rings. The molecular weight excluding hydrogens is 238 g/mol. The lowest BCUT2D eigenvalue weighted by Crippen LogP contribution is -2.31. The molecular formula is C15H17N3O. The molecule has 4 rings (SSSR count). The summed E-state index contributed by atoms with van der Waals surface area (Å²) in [6, 6.07) is 7.93. The van der Waals surface area contributed by atoms with Crippen molar-refractivity contribution in [3.8, 4) is 0 Å². The second kappa shape index (κ2) is 4.10. The summed E-state index contributed by atoms with van der Waals surface area (Å²) < 4.78 is 0. The third-order valence-electron chi connectivity index (χ3n) is 4.48. The molecule has 19 heavy (non-hydrogen) atoms. The summed E-state index contributed by atoms with van der Waals surface area (Å²) in [6.07, 6.45) is 1.91. The van der Waals surface area contributed by atoms with Gasteiger partial charge in [-0.15, -0.1) is 0 Å². The molecule has 2 aliphatic heterocycles. The van der Waals surface area contributed by atoms with Gasteiger partial charge in [-0.2, -0.15) is 0 Å². The van der Waals surface area contributed by atoms with Crippen LogP contribution in [0.25, 0.3) is 10.9 Å². The van der Waals surface area contributed by atoms with Crippen LogP contribution in [0.3, 0.4) is 0 Å². The van der Waals surface area contributed by atoms with Crippen LogP contribution in [0, 0.1) is 11.8 Å². The summed E-state index contributed by atoms with van der Waals surface area (Å²) in [4.78, 5) is 17.7. The lowest BCUT2D eigenvalue weighted by molar-refractivity contribution is 0.0782. The maximum atomic E-state index is 12.5. The smallest absolute Gasteiger partial charge is 0.253 e. The number of fused-ring (bicyclic) bond motifs is 2. The SMILES string of the molecule is O=C(c1ccc2cc[nH]c2c1)N1CC2CNCC2C1. The zero-order chi connectivity index (χ0) is 12.8. The summed E-state index contributed by atoms with van der Waals surface area (Å²) in [7, 11) is 0. The highest BCUT2D eigenvalue weighted by molar-refractivity contribution is 5.98. The quantitative estimate of drug-likeness (QED) is 0.810. The molecule has 0 spiro atoms. The van der Waals surface area contributed by atoms with Crippen LogP contribution in [-0.2, 0) is 0 Å². The Morgan fingerprint density at radius 2 is 1.95 bits per heavy atom. The first-order valence-electron chi connectivity index (χ1n) is 6.88. The van der Waals surface area contributed by atoms with Gasteiger partial charge in [0.15, 0.2) is 0 Å². The van der Waals surface area contributed by atoms with Crippen molar-refractivity contribution in [3.05, 3.63) is 36.0 Å². The minimum absolute atomic E-state index is 0.172. The van der Waals surface area contributed by atoms with Crippen LogP contribution in [0.2, 0.25) is 0 Å². The zero-order valence-electron chi connectivity index (χ0n) is 10.7. The number of nitrogens with zero attached hydrogens (tertiary/aromatic N) is 1. The molecule has 4 nitrogen and oxygen atoms in total. The highest BCUT2D eigenvalue weighted by Crippen LogP contribution is 2.27. The van der Waals surface area contributed by atoms with Crippen molar-refractivity contribution in [2.75, 3.05) is 26.2 Å². The number of aromatic amines is 1. The number of aromatic nitrogens is 1. The topological polar surface area (TPSA) is 48.1 Å². The van der Waals surface area contributed by atoms with E-state index in [0.29, 0.717) is 11.8 Å². The van der Waals surface area contributed by atoms with Gasteiger partial charge in [0, 0.05) is 43.5 Å². The maximum Gasteiger partial charge on any atom is 0.253 e. The molecule has 2 saturated heterocycles. The average molecular weight is 255 g/mol. The molecule has 2 N–H and O–H groups in total. The van der Waals surface area contributed by atoms with Crippen molar-refractivity contribution in [3.63, 3.8) is 0 Å². The first kappa shape index (κ1) is 11.1. The third-order valence-corrected chi connectivity index (χ3v) is 4.48. The fourth-order valence-electron chi connectivity index (χ4n) is 3.38. The van der Waals surface area contributed by atoms with Crippen LogP contribution >= 0.6 is 0 Å². The van der Waals surface area contributed by atoms with E-state index < -0.39 is 0 Å². The predicted molar refractivity (Wildman–Crippen MR) is 74.1 cm³/mol. The lowest BCUT2D eigenvalue weighted by Gasteiger charge is -2.17. The van der Waals surface area contributed by atoms with E-state index in [0.717, 1.165) is 42.6 Å². The number of nitrogens with one attached hydrogen (secondary N) is 2. The Morgan fingerprint density at radius 3 is 2.74 bits per heavy atom. The summed E-state index contributed by atoms with van der Waals surface area (Å²) in [5.41, 5.74) is 1.83. The molecule has 2 aromatic rings. The van der Waals surface area contributed by atoms with Crippen LogP contribution in [0.5, 0.6) is 0 Å². The van der Waals surface area contributed by atoms with Crippen molar-refractivity contribution in [2.24, 2.45) is 11.8 Å². The fraction of sp³-hybridized carbons (Fsp3) is 0.400. The molecule has 2 unspecified atom stereocenters. The molecule has 0 bridgehead atoms. The van der Waals surface area contributed by atoms with Crippen molar-refractivity contribution >= 4 is 16.8 Å². The Labute approximate surface area is 111 Å². The maximum absolute atomic E-state index is 12.5. The summed E-state index contributed by atoms with van der Waals surface area (Å²) in [5.74, 6) is 1.47. The monoisotopic (exact) mass is 255 g/mol. The van der Waals surface area contributed by atoms with Crippen LogP contribution in [0.1, 0.15) is 10.4 Å². The Bertz CT molecular complexity index is 621. The Kier molecular flexibility index (Phi) is 2.38. The number of benzene rings is 1. The number of likely N-dealkylation sites (tertiary alicyclic amines) is 1. The van der Waals surface area contributed by atoms with Gasteiger partial charge in [-0.05, 0) is 35.4 Å². The molecule has 2 atom stereocenters. The van der Waals surface area contributed by atoms with Gasteiger partial charge in [0.05, 0.1) is 0 Å². The van der Waals surface area contributed by atoms with E-state index in [9.17, 15) is 4.79 Å². The molecule has 1 aromatic heterocycles. The number of hydrogen-bond acceptors (Lipinski definition) is 2. The summed E-state index contributed by atoms with van der Waals surface area (Å²) in [6.45, 7) is 3.92. The fourth-order valence-corrected chi connectivity index (χ4v) is 3.38. The number of carbonyl (C=O) groups excluding carboxylic acids is 1. The van der Waals surface area contributed by atoms with E-state index >= 15 is 0 Å². The number of hydrogen-bond donors (Lipinski definition) is 2. The van der Waals surface area contributed by atoms with E-state index in [1.54, 1.807) is 0 Å². The summed E-state index contributed by atoms with van der Waals surface area (Å²) >= 11 is 0. The van der Waals surface area contributed by atoms with Crippen LogP contribution < -0.4 is 5.32 Å². The molecule has 4 heteroatoms. The molecule has 98 valence electrons. The van der Waals surface area contributed by atoms with Gasteiger partial charge < -0.3 is 15.2 Å². The van der Waals surface area contributed by atoms with Gasteiger partial charge >= 0.3 is 0 Å². The Hall–Kier alpha value is -1.81. The second-order valence-electron chi connectivity index (χ2n) is 5.67. The molecule has 1 amide bonds. The molecule has 0 radical (unpaired) electrons. The van der Waals surface area contributed by atoms with Gasteiger partial charge in [0.25, 0.3) is 5.91 Å². The minimum atomic E-state index is 0.172. The number of H-pyrrole nitrogens is 1. The van der Waals surface area contributed by atoms with E-state index in [1.807, 2.05) is 35.4 Å². The predicted octanol–water partition coefficient (Wildman–Crippen LogP) is 1.46. The van der Waals surface area contributed by atoms with Crippen LogP contribution in [0.15, 0.2) is 30.5 Å². The molecule has 1 aromatic carbocycles. The van der Waals surface area contributed by atoms with E-state index in [1.165, 1.54) is 0 Å². The highest BCUT2D eigenvalue weighted by Gasteiger charge is 2.38. The normalized spacial score (nSPS) is 26.0. The van der Waals surface area contributed by atoms with Gasteiger partial charge in [0.1, 0.15) is 0 Å². The van der Waals surface area contributed by atoms with Gasteiger partial charge in [0.2, 0.25) is 0 Å². The Balaban J connectivity index is 1.59.